The van der Waals surface area contributed by atoms with Crippen LogP contribution in [0.4, 0.5) is 0 Å². The monoisotopic (exact) mass is 300 g/mol. The molecular formula is C16H20N4O2. The predicted molar refractivity (Wildman–Crippen MR) is 82.6 cm³/mol. The number of imidazole rings is 1. The van der Waals surface area contributed by atoms with Crippen LogP contribution in [-0.4, -0.2) is 39.2 Å². The zero-order valence-electron chi connectivity index (χ0n) is 12.9. The third-order valence-electron chi connectivity index (χ3n) is 4.15. The van der Waals surface area contributed by atoms with Crippen LogP contribution < -0.4 is 5.73 Å². The molecule has 1 fully saturated rings. The minimum Gasteiger partial charge on any atom is -0.364 e. The van der Waals surface area contributed by atoms with Gasteiger partial charge in [-0.05, 0) is 30.4 Å². The van der Waals surface area contributed by atoms with Gasteiger partial charge in [-0.1, -0.05) is 19.9 Å². The Hall–Kier alpha value is -2.37. The van der Waals surface area contributed by atoms with Crippen LogP contribution in [0.25, 0.3) is 5.65 Å². The first-order valence-corrected chi connectivity index (χ1v) is 7.45. The van der Waals surface area contributed by atoms with Crippen LogP contribution in [0.3, 0.4) is 0 Å². The number of fused-ring (bicyclic) bond motifs is 1. The predicted octanol–water partition coefficient (Wildman–Crippen LogP) is 1.70. The molecule has 0 saturated carbocycles. The van der Waals surface area contributed by atoms with Gasteiger partial charge in [0.2, 0.25) is 0 Å². The minimum atomic E-state index is -0.541. The van der Waals surface area contributed by atoms with Gasteiger partial charge >= 0.3 is 0 Å². The lowest BCUT2D eigenvalue weighted by Crippen LogP contribution is -2.43. The highest BCUT2D eigenvalue weighted by molar-refractivity contribution is 5.95. The molecule has 22 heavy (non-hydrogen) atoms. The van der Waals surface area contributed by atoms with E-state index in [-0.39, 0.29) is 11.3 Å². The van der Waals surface area contributed by atoms with Crippen LogP contribution >= 0.6 is 0 Å². The van der Waals surface area contributed by atoms with E-state index in [1.165, 1.54) is 0 Å². The summed E-state index contributed by atoms with van der Waals surface area (Å²) in [6.07, 6.45) is 3.71. The van der Waals surface area contributed by atoms with Gasteiger partial charge in [0.15, 0.2) is 0 Å². The van der Waals surface area contributed by atoms with Gasteiger partial charge in [0.25, 0.3) is 11.8 Å². The molecule has 3 rings (SSSR count). The Morgan fingerprint density at radius 2 is 2.09 bits per heavy atom. The fourth-order valence-corrected chi connectivity index (χ4v) is 3.07. The number of amides is 2. The van der Waals surface area contributed by atoms with Crippen molar-refractivity contribution in [2.24, 2.45) is 11.1 Å². The van der Waals surface area contributed by atoms with Gasteiger partial charge < -0.3 is 10.6 Å². The van der Waals surface area contributed by atoms with Crippen molar-refractivity contribution in [1.82, 2.24) is 14.3 Å². The number of aromatic nitrogens is 2. The summed E-state index contributed by atoms with van der Waals surface area (Å²) in [5.74, 6) is -0.631. The van der Waals surface area contributed by atoms with Crippen molar-refractivity contribution in [3.63, 3.8) is 0 Å². The van der Waals surface area contributed by atoms with Gasteiger partial charge in [0.05, 0.1) is 0 Å². The number of piperidine rings is 1. The normalized spacial score (nSPS) is 17.6. The van der Waals surface area contributed by atoms with Gasteiger partial charge in [0.1, 0.15) is 17.0 Å². The SMILES string of the molecule is CC1(C)CCCN(C(=O)c2cn3c(C(N)=O)cccc3n2)C1. The Bertz CT molecular complexity index is 748. The van der Waals surface area contributed by atoms with Gasteiger partial charge in [-0.3, -0.25) is 14.0 Å². The van der Waals surface area contributed by atoms with Crippen LogP contribution in [0.1, 0.15) is 47.7 Å². The number of likely N-dealkylation sites (tertiary alicyclic amines) is 1. The van der Waals surface area contributed by atoms with E-state index in [4.69, 9.17) is 5.73 Å². The summed E-state index contributed by atoms with van der Waals surface area (Å²) in [5.41, 5.74) is 6.72. The second-order valence-corrected chi connectivity index (χ2v) is 6.62. The number of carbonyl (C=O) groups is 2. The minimum absolute atomic E-state index is 0.0908. The summed E-state index contributed by atoms with van der Waals surface area (Å²) in [5, 5.41) is 0. The van der Waals surface area contributed by atoms with Crippen LogP contribution in [0, 0.1) is 5.41 Å². The molecule has 0 aromatic carbocycles. The van der Waals surface area contributed by atoms with Gasteiger partial charge in [-0.25, -0.2) is 4.98 Å². The fraction of sp³-hybridized carbons (Fsp3) is 0.438. The second kappa shape index (κ2) is 5.12. The molecule has 6 heteroatoms. The maximum Gasteiger partial charge on any atom is 0.274 e. The highest BCUT2D eigenvalue weighted by atomic mass is 16.2. The van der Waals surface area contributed by atoms with Crippen molar-refractivity contribution < 1.29 is 9.59 Å². The number of pyridine rings is 1. The third kappa shape index (κ3) is 2.56. The van der Waals surface area contributed by atoms with Crippen molar-refractivity contribution in [3.8, 4) is 0 Å². The number of primary amides is 1. The summed E-state index contributed by atoms with van der Waals surface area (Å²) >= 11 is 0. The molecule has 0 bridgehead atoms. The quantitative estimate of drug-likeness (QED) is 0.916. The molecule has 1 aliphatic rings. The molecule has 2 N–H and O–H groups in total. The van der Waals surface area contributed by atoms with E-state index in [0.717, 1.165) is 25.9 Å². The maximum atomic E-state index is 12.7. The van der Waals surface area contributed by atoms with E-state index >= 15 is 0 Å². The Morgan fingerprint density at radius 3 is 2.77 bits per heavy atom. The zero-order valence-corrected chi connectivity index (χ0v) is 12.9. The summed E-state index contributed by atoms with van der Waals surface area (Å²) < 4.78 is 1.57. The first kappa shape index (κ1) is 14.6. The fourth-order valence-electron chi connectivity index (χ4n) is 3.07. The van der Waals surface area contributed by atoms with Crippen molar-refractivity contribution in [2.75, 3.05) is 13.1 Å². The van der Waals surface area contributed by atoms with E-state index < -0.39 is 5.91 Å². The van der Waals surface area contributed by atoms with Crippen LogP contribution in [0.15, 0.2) is 24.4 Å². The average molecular weight is 300 g/mol. The first-order chi connectivity index (χ1) is 10.4. The Balaban J connectivity index is 1.95. The zero-order chi connectivity index (χ0) is 15.9. The Labute approximate surface area is 128 Å². The van der Waals surface area contributed by atoms with Crippen LogP contribution in [-0.2, 0) is 0 Å². The Kier molecular flexibility index (Phi) is 3.39. The molecule has 0 spiro atoms. The molecule has 2 amide bonds. The van der Waals surface area contributed by atoms with E-state index in [0.29, 0.717) is 17.0 Å². The van der Waals surface area contributed by atoms with E-state index in [9.17, 15) is 9.59 Å². The first-order valence-electron chi connectivity index (χ1n) is 7.45. The van der Waals surface area contributed by atoms with Crippen molar-refractivity contribution in [1.29, 1.82) is 0 Å². The smallest absolute Gasteiger partial charge is 0.274 e. The number of hydrogen-bond acceptors (Lipinski definition) is 3. The number of rotatable bonds is 2. The van der Waals surface area contributed by atoms with Crippen LogP contribution in [0.2, 0.25) is 0 Å². The molecule has 2 aromatic heterocycles. The van der Waals surface area contributed by atoms with E-state index in [2.05, 4.69) is 18.8 Å². The summed E-state index contributed by atoms with van der Waals surface area (Å²) in [4.78, 5) is 30.3. The molecule has 0 atom stereocenters. The van der Waals surface area contributed by atoms with Gasteiger partial charge in [-0.2, -0.15) is 0 Å². The number of hydrogen-bond donors (Lipinski definition) is 1. The molecular weight excluding hydrogens is 280 g/mol. The third-order valence-corrected chi connectivity index (χ3v) is 4.15. The molecule has 116 valence electrons. The van der Waals surface area contributed by atoms with E-state index in [1.54, 1.807) is 28.8 Å². The molecule has 3 heterocycles. The summed E-state index contributed by atoms with van der Waals surface area (Å²) in [6.45, 7) is 5.81. The topological polar surface area (TPSA) is 80.7 Å². The van der Waals surface area contributed by atoms with Crippen molar-refractivity contribution in [2.45, 2.75) is 26.7 Å². The van der Waals surface area contributed by atoms with Crippen molar-refractivity contribution in [3.05, 3.63) is 35.8 Å². The average Bonchev–Trinajstić information content (AvgIpc) is 2.88. The number of nitrogens with two attached hydrogens (primary N) is 1. The standard InChI is InChI=1S/C16H20N4O2/c1-16(2)7-4-8-19(10-16)15(22)11-9-20-12(14(17)21)5-3-6-13(20)18-11/h3,5-6,9H,4,7-8,10H2,1-2H3,(H2,17,21). The lowest BCUT2D eigenvalue weighted by Gasteiger charge is -2.37. The largest absolute Gasteiger partial charge is 0.364 e. The second-order valence-electron chi connectivity index (χ2n) is 6.62. The highest BCUT2D eigenvalue weighted by Crippen LogP contribution is 2.29. The highest BCUT2D eigenvalue weighted by Gasteiger charge is 2.30. The maximum absolute atomic E-state index is 12.7. The molecule has 0 unspecified atom stereocenters. The molecule has 2 aromatic rings. The number of carbonyl (C=O) groups excluding carboxylic acids is 2. The lowest BCUT2D eigenvalue weighted by atomic mass is 9.84. The molecule has 1 saturated heterocycles. The van der Waals surface area contributed by atoms with Crippen LogP contribution in [0.5, 0.6) is 0 Å². The molecule has 1 aliphatic heterocycles. The summed E-state index contributed by atoms with van der Waals surface area (Å²) in [6, 6.07) is 5.08. The van der Waals surface area contributed by atoms with Gasteiger partial charge in [-0.15, -0.1) is 0 Å². The summed E-state index contributed by atoms with van der Waals surface area (Å²) in [7, 11) is 0. The molecule has 6 nitrogen and oxygen atoms in total. The lowest BCUT2D eigenvalue weighted by molar-refractivity contribution is 0.0578. The van der Waals surface area contributed by atoms with E-state index in [1.807, 2.05) is 4.90 Å². The number of nitrogens with zero attached hydrogens (tertiary/aromatic N) is 3. The molecule has 0 radical (unpaired) electrons. The Morgan fingerprint density at radius 1 is 1.32 bits per heavy atom. The molecule has 0 aliphatic carbocycles. The van der Waals surface area contributed by atoms with Gasteiger partial charge in [0, 0.05) is 19.3 Å². The van der Waals surface area contributed by atoms with Crippen molar-refractivity contribution >= 4 is 17.5 Å².